The fraction of sp³-hybridized carbons (Fsp3) is 0.882. The Hall–Kier alpha value is -3.96. The van der Waals surface area contributed by atoms with Crippen molar-refractivity contribution in [1.29, 1.82) is 0 Å². The molecule has 130 heavy (non-hydrogen) atoms. The molecule has 28 nitrogen and oxygen atoms in total. The monoisotopic (exact) mass is 1850 g/mol. The Morgan fingerprint density at radius 2 is 0.431 bits per heavy atom. The number of aliphatic hydroxyl groups excluding tert-OH is 12. The molecular formula is C102H172O28. The van der Waals surface area contributed by atoms with Crippen molar-refractivity contribution in [3.05, 3.63) is 46.6 Å². The number of hydrogen-bond acceptors (Lipinski definition) is 28. The number of unbranched alkanes of at least 4 members (excludes halogenated alkanes) is 9. The van der Waals surface area contributed by atoms with Gasteiger partial charge in [0.15, 0.2) is 0 Å². The summed E-state index contributed by atoms with van der Waals surface area (Å²) in [5.74, 6) is -1.15. The van der Waals surface area contributed by atoms with Crippen molar-refractivity contribution in [2.45, 2.75) is 572 Å². The van der Waals surface area contributed by atoms with Crippen LogP contribution in [0, 0.1) is 0 Å². The second kappa shape index (κ2) is 58.1. The van der Waals surface area contributed by atoms with E-state index < -0.39 is 67.1 Å². The first kappa shape index (κ1) is 110. The van der Waals surface area contributed by atoms with Crippen LogP contribution in [0.1, 0.15) is 376 Å². The van der Waals surface area contributed by atoms with Crippen LogP contribution < -0.4 is 0 Å². The number of carbonyl (C=O) groups excluding carboxylic acids is 4. The van der Waals surface area contributed by atoms with E-state index in [0.717, 1.165) is 262 Å². The summed E-state index contributed by atoms with van der Waals surface area (Å²) in [4.78, 5) is 46.5. The first-order valence-electron chi connectivity index (χ1n) is 51.5. The molecule has 0 saturated carbocycles. The van der Waals surface area contributed by atoms with Gasteiger partial charge in [0.05, 0.1) is 171 Å². The molecule has 0 aliphatic carbocycles. The molecule has 12 heterocycles. The zero-order chi connectivity index (χ0) is 93.8. The molecule has 1 unspecified atom stereocenters. The fourth-order valence-electron chi connectivity index (χ4n) is 20.9. The average molecular weight is 1850 g/mol. The van der Waals surface area contributed by atoms with Crippen LogP contribution in [0.4, 0.5) is 0 Å². The Labute approximate surface area is 775 Å². The fourth-order valence-corrected chi connectivity index (χ4v) is 20.9. The molecule has 0 radical (unpaired) electrons. The van der Waals surface area contributed by atoms with E-state index in [-0.39, 0.29) is 152 Å². The molecule has 0 amide bonds. The van der Waals surface area contributed by atoms with Crippen LogP contribution in [0.5, 0.6) is 0 Å². The predicted molar refractivity (Wildman–Crippen MR) is 489 cm³/mol. The molecule has 8 fully saturated rings. The van der Waals surface area contributed by atoms with E-state index in [9.17, 15) is 80.5 Å². The molecule has 12 aliphatic heterocycles. The van der Waals surface area contributed by atoms with Crippen LogP contribution in [-0.2, 0) is 76.0 Å². The minimum atomic E-state index is -0.566. The molecule has 12 aliphatic rings. The van der Waals surface area contributed by atoms with Gasteiger partial charge < -0.3 is 118 Å². The van der Waals surface area contributed by atoms with Crippen molar-refractivity contribution in [1.82, 2.24) is 0 Å². The predicted octanol–water partition coefficient (Wildman–Crippen LogP) is 13.5. The van der Waals surface area contributed by atoms with Gasteiger partial charge in [0, 0.05) is 41.6 Å². The van der Waals surface area contributed by atoms with E-state index in [0.29, 0.717) is 80.9 Å². The van der Waals surface area contributed by atoms with E-state index in [1.165, 1.54) is 0 Å². The normalized spacial score (nSPS) is 32.9. The van der Waals surface area contributed by atoms with Gasteiger partial charge in [0.2, 0.25) is 0 Å². The Balaban J connectivity index is 0.000000195. The van der Waals surface area contributed by atoms with E-state index in [2.05, 4.69) is 20.8 Å². The third-order valence-corrected chi connectivity index (χ3v) is 28.7. The second-order valence-electron chi connectivity index (χ2n) is 39.9. The number of carbonyl (C=O) groups is 4. The van der Waals surface area contributed by atoms with Crippen LogP contribution in [-0.4, -0.2) is 280 Å². The van der Waals surface area contributed by atoms with Crippen LogP contribution in [0.25, 0.3) is 0 Å². The lowest BCUT2D eigenvalue weighted by molar-refractivity contribution is -0.140. The van der Waals surface area contributed by atoms with Crippen LogP contribution >= 0.6 is 0 Å². The van der Waals surface area contributed by atoms with Gasteiger partial charge in [-0.15, -0.1) is 0 Å². The van der Waals surface area contributed by atoms with Crippen molar-refractivity contribution < 1.29 is 137 Å². The first-order valence-corrected chi connectivity index (χ1v) is 51.5. The van der Waals surface area contributed by atoms with Gasteiger partial charge >= 0.3 is 23.9 Å². The lowest BCUT2D eigenvalue weighted by atomic mass is 9.99. The summed E-state index contributed by atoms with van der Waals surface area (Å²) in [5, 5.41) is 124. The summed E-state index contributed by atoms with van der Waals surface area (Å²) in [6.07, 6.45) is 40.3. The molecule has 0 spiro atoms. The third-order valence-electron chi connectivity index (χ3n) is 28.7. The maximum Gasteiger partial charge on any atom is 0.334 e. The SMILES string of the molecule is CCC(O)CCC[C@H](O)[C@H]1CC[C@H]([C@H]2CC[C@H]([C@H](O)CCCCCCC3=C[C@H](C)OC3=O)O2)O1.CCCC[C@@H](O)[C@H]1CC[C@H]([C@H]2CC[C@H]([C@H](O)CCCC[C@@H](O)CC3=C[C@H](C)OC3=O)O2)O1.CCCC[C@@H](O)[C@H]1CC[C@H]([C@H]2CC[C@H]([C@H](O)CCCC[C@@H](O)CC3=C[C@H](C)OC3=O)O2)O1.CCCC[C@H](O)[C@H]1CC[C@H]([C@H]2CC[C@H]([C@H](O)CCCC[C@@H](O)CC3=C[C@H](C)OC3=O)O2)O1. The summed E-state index contributed by atoms with van der Waals surface area (Å²) in [6, 6.07) is 0. The van der Waals surface area contributed by atoms with Gasteiger partial charge in [0.1, 0.15) is 24.4 Å². The van der Waals surface area contributed by atoms with Gasteiger partial charge in [-0.05, 0) is 257 Å². The summed E-state index contributed by atoms with van der Waals surface area (Å²) in [7, 11) is 0. The molecule has 748 valence electrons. The van der Waals surface area contributed by atoms with Crippen LogP contribution in [0.15, 0.2) is 46.6 Å². The molecule has 8 saturated heterocycles. The molecule has 0 aromatic rings. The van der Waals surface area contributed by atoms with Crippen molar-refractivity contribution in [2.24, 2.45) is 0 Å². The number of hydrogen-bond donors (Lipinski definition) is 12. The first-order chi connectivity index (χ1) is 62.5. The van der Waals surface area contributed by atoms with Gasteiger partial charge in [-0.25, -0.2) is 19.2 Å². The molecule has 32 atom stereocenters. The summed E-state index contributed by atoms with van der Waals surface area (Å²) < 4.78 is 69.3. The summed E-state index contributed by atoms with van der Waals surface area (Å²) in [5.41, 5.74) is 2.48. The Bertz CT molecular complexity index is 3120. The molecular weight excluding hydrogens is 1670 g/mol. The minimum absolute atomic E-state index is 0.000553. The number of aliphatic hydroxyl groups is 12. The average Bonchev–Trinajstić information content (AvgIpc) is 1.86. The Morgan fingerprint density at radius 1 is 0.238 bits per heavy atom. The van der Waals surface area contributed by atoms with Crippen LogP contribution in [0.3, 0.4) is 0 Å². The molecule has 0 aromatic carbocycles. The molecule has 12 rings (SSSR count). The molecule has 12 N–H and O–H groups in total. The lowest BCUT2D eigenvalue weighted by Gasteiger charge is -2.24. The van der Waals surface area contributed by atoms with Crippen molar-refractivity contribution >= 4 is 23.9 Å². The highest BCUT2D eigenvalue weighted by Crippen LogP contribution is 2.41. The third kappa shape index (κ3) is 36.8. The molecule has 0 aromatic heterocycles. The lowest BCUT2D eigenvalue weighted by Crippen LogP contribution is -2.33. The van der Waals surface area contributed by atoms with E-state index in [4.69, 9.17) is 56.8 Å². The zero-order valence-corrected chi connectivity index (χ0v) is 80.0. The number of ether oxygens (including phenoxy) is 12. The van der Waals surface area contributed by atoms with Crippen LogP contribution in [0.2, 0.25) is 0 Å². The molecule has 28 heteroatoms. The second-order valence-corrected chi connectivity index (χ2v) is 39.9. The van der Waals surface area contributed by atoms with Gasteiger partial charge in [-0.2, -0.15) is 0 Å². The maximum atomic E-state index is 11.6. The Morgan fingerprint density at radius 3 is 0.646 bits per heavy atom. The van der Waals surface area contributed by atoms with Gasteiger partial charge in [0.25, 0.3) is 0 Å². The quantitative estimate of drug-likeness (QED) is 0.0153. The van der Waals surface area contributed by atoms with Crippen molar-refractivity contribution in [3.63, 3.8) is 0 Å². The topological polar surface area (TPSA) is 422 Å². The standard InChI is InChI=1S/C27H46O7.3C25H42O7/c1-3-20(28)10-8-12-22(30)24-14-16-26(34-24)25-15-13-23(33-25)21(29)11-7-5-4-6-9-19-17-18(2)32-27(19)31;3*1-3-4-8-19(27)21-10-12-23(31-21)24-13-11-22(32-24)20(28)9-6-5-7-18(26)15-17-14-16(2)30-25(17)29/h17-18,20-26,28-30H,3-16H2,1-2H3;3*14,16,18-24,26-28H,3-13,15H2,1-2H3/t18-,20?,21+,22-,23+,24+,25+,26+;2*16-,18+,19+,20+,21+,22+,23+,24+;16-,18+,19-,20+,21+,22+,23+,24+/m0000/s1. The number of rotatable bonds is 54. The maximum absolute atomic E-state index is 11.6. The van der Waals surface area contributed by atoms with E-state index in [1.54, 1.807) is 18.2 Å². The zero-order valence-electron chi connectivity index (χ0n) is 80.0. The molecule has 0 bridgehead atoms. The van der Waals surface area contributed by atoms with E-state index in [1.807, 2.05) is 40.7 Å². The smallest absolute Gasteiger partial charge is 0.334 e. The summed E-state index contributed by atoms with van der Waals surface area (Å²) in [6.45, 7) is 15.6. The summed E-state index contributed by atoms with van der Waals surface area (Å²) >= 11 is 0. The van der Waals surface area contributed by atoms with Crippen molar-refractivity contribution in [2.75, 3.05) is 0 Å². The number of cyclic esters (lactones) is 4. The van der Waals surface area contributed by atoms with E-state index >= 15 is 0 Å². The van der Waals surface area contributed by atoms with Gasteiger partial charge in [-0.1, -0.05) is 124 Å². The van der Waals surface area contributed by atoms with Crippen molar-refractivity contribution in [3.8, 4) is 0 Å². The minimum Gasteiger partial charge on any atom is -0.455 e. The highest BCUT2D eigenvalue weighted by atomic mass is 16.6. The Kier molecular flexibility index (Phi) is 49.0. The highest BCUT2D eigenvalue weighted by molar-refractivity contribution is 5.92. The largest absolute Gasteiger partial charge is 0.455 e. The highest BCUT2D eigenvalue weighted by Gasteiger charge is 2.46. The van der Waals surface area contributed by atoms with Gasteiger partial charge in [-0.3, -0.25) is 0 Å². The number of esters is 4.